The molecule has 0 saturated carbocycles. The van der Waals surface area contributed by atoms with Gasteiger partial charge in [-0.3, -0.25) is 0 Å². The molecule has 0 atom stereocenters. The molecule has 0 unspecified atom stereocenters. The lowest BCUT2D eigenvalue weighted by molar-refractivity contribution is 0.454. The van der Waals surface area contributed by atoms with Gasteiger partial charge in [0.2, 0.25) is 0 Å². The standard InChI is InChI=1S/C12H20N6S.HI/c13-12(17-5-7-19-8-6-17)14-9-11-16-15-10-3-1-2-4-18(10)11;/h1-9H2,(H2,13,14);1H. The summed E-state index contributed by atoms with van der Waals surface area (Å²) in [5.74, 6) is 4.97. The van der Waals surface area contributed by atoms with Crippen molar-refractivity contribution in [3.05, 3.63) is 11.6 Å². The average molecular weight is 408 g/mol. The molecule has 0 spiro atoms. The van der Waals surface area contributed by atoms with Crippen LogP contribution in [0.1, 0.15) is 24.5 Å². The highest BCUT2D eigenvalue weighted by atomic mass is 127. The third-order valence-electron chi connectivity index (χ3n) is 3.65. The molecule has 0 aromatic carbocycles. The summed E-state index contributed by atoms with van der Waals surface area (Å²) in [5.41, 5.74) is 6.05. The van der Waals surface area contributed by atoms with E-state index < -0.39 is 0 Å². The van der Waals surface area contributed by atoms with E-state index in [-0.39, 0.29) is 24.0 Å². The highest BCUT2D eigenvalue weighted by Crippen LogP contribution is 2.15. The zero-order valence-electron chi connectivity index (χ0n) is 11.5. The number of thioether (sulfide) groups is 1. The van der Waals surface area contributed by atoms with Crippen LogP contribution in [0.2, 0.25) is 0 Å². The van der Waals surface area contributed by atoms with Gasteiger partial charge in [0.1, 0.15) is 12.4 Å². The summed E-state index contributed by atoms with van der Waals surface area (Å²) in [7, 11) is 0. The number of halogens is 1. The second kappa shape index (κ2) is 7.48. The monoisotopic (exact) mass is 408 g/mol. The second-order valence-electron chi connectivity index (χ2n) is 4.92. The van der Waals surface area contributed by atoms with Crippen LogP contribution in [0.4, 0.5) is 0 Å². The van der Waals surface area contributed by atoms with Crippen LogP contribution < -0.4 is 5.73 Å². The van der Waals surface area contributed by atoms with Gasteiger partial charge >= 0.3 is 0 Å². The van der Waals surface area contributed by atoms with Crippen LogP contribution >= 0.6 is 35.7 Å². The normalized spacial score (nSPS) is 19.4. The van der Waals surface area contributed by atoms with E-state index in [1.165, 1.54) is 12.8 Å². The molecule has 112 valence electrons. The topological polar surface area (TPSA) is 72.3 Å². The molecule has 20 heavy (non-hydrogen) atoms. The summed E-state index contributed by atoms with van der Waals surface area (Å²) in [5, 5.41) is 8.48. The van der Waals surface area contributed by atoms with Crippen LogP contribution in [-0.4, -0.2) is 50.2 Å². The van der Waals surface area contributed by atoms with Crippen molar-refractivity contribution in [2.24, 2.45) is 10.7 Å². The van der Waals surface area contributed by atoms with Crippen molar-refractivity contribution in [2.45, 2.75) is 32.4 Å². The third-order valence-corrected chi connectivity index (χ3v) is 4.60. The maximum atomic E-state index is 6.05. The highest BCUT2D eigenvalue weighted by molar-refractivity contribution is 14.0. The summed E-state index contributed by atoms with van der Waals surface area (Å²) in [6.07, 6.45) is 3.46. The van der Waals surface area contributed by atoms with Gasteiger partial charge in [-0.15, -0.1) is 34.2 Å². The smallest absolute Gasteiger partial charge is 0.191 e. The molecule has 0 amide bonds. The van der Waals surface area contributed by atoms with E-state index in [0.717, 1.165) is 49.2 Å². The van der Waals surface area contributed by atoms with Gasteiger partial charge in [-0.2, -0.15) is 11.8 Å². The summed E-state index contributed by atoms with van der Waals surface area (Å²) in [4.78, 5) is 6.64. The van der Waals surface area contributed by atoms with Crippen LogP contribution in [0, 0.1) is 0 Å². The number of hydrogen-bond acceptors (Lipinski definition) is 4. The van der Waals surface area contributed by atoms with Gasteiger partial charge in [-0.1, -0.05) is 0 Å². The molecule has 3 rings (SSSR count). The van der Waals surface area contributed by atoms with E-state index in [2.05, 4.69) is 24.7 Å². The van der Waals surface area contributed by atoms with Crippen LogP contribution in [0.3, 0.4) is 0 Å². The Morgan fingerprint density at radius 3 is 2.80 bits per heavy atom. The van der Waals surface area contributed by atoms with E-state index in [1.54, 1.807) is 0 Å². The highest BCUT2D eigenvalue weighted by Gasteiger charge is 2.16. The van der Waals surface area contributed by atoms with Crippen molar-refractivity contribution >= 4 is 41.7 Å². The largest absolute Gasteiger partial charge is 0.370 e. The molecule has 1 fully saturated rings. The predicted octanol–water partition coefficient (Wildman–Crippen LogP) is 1.10. The van der Waals surface area contributed by atoms with Crippen LogP contribution in [0.25, 0.3) is 0 Å². The maximum Gasteiger partial charge on any atom is 0.191 e. The fraction of sp³-hybridized carbons (Fsp3) is 0.750. The first-order valence-corrected chi connectivity index (χ1v) is 8.03. The van der Waals surface area contributed by atoms with Crippen LogP contribution in [0.5, 0.6) is 0 Å². The molecule has 1 saturated heterocycles. The Morgan fingerprint density at radius 1 is 1.20 bits per heavy atom. The SMILES string of the molecule is I.NC(=NCc1nnc2n1CCCC2)N1CCSCC1. The first-order chi connectivity index (χ1) is 9.34. The number of aromatic nitrogens is 3. The number of rotatable bonds is 2. The minimum Gasteiger partial charge on any atom is -0.370 e. The van der Waals surface area contributed by atoms with Gasteiger partial charge in [0, 0.05) is 37.6 Å². The Bertz CT molecular complexity index is 469. The van der Waals surface area contributed by atoms with Gasteiger partial charge in [0.15, 0.2) is 11.8 Å². The molecule has 2 aliphatic heterocycles. The summed E-state index contributed by atoms with van der Waals surface area (Å²) in [6.45, 7) is 3.56. The van der Waals surface area contributed by atoms with Crippen molar-refractivity contribution in [2.75, 3.05) is 24.6 Å². The Hall–Kier alpha value is -0.510. The first-order valence-electron chi connectivity index (χ1n) is 6.88. The van der Waals surface area contributed by atoms with E-state index in [0.29, 0.717) is 12.5 Å². The minimum atomic E-state index is 0. The lowest BCUT2D eigenvalue weighted by Gasteiger charge is -2.27. The van der Waals surface area contributed by atoms with Crippen molar-refractivity contribution in [1.82, 2.24) is 19.7 Å². The van der Waals surface area contributed by atoms with Gasteiger partial charge in [0.05, 0.1) is 0 Å². The molecule has 6 nitrogen and oxygen atoms in total. The van der Waals surface area contributed by atoms with Crippen molar-refractivity contribution in [3.8, 4) is 0 Å². The molecule has 0 radical (unpaired) electrons. The fourth-order valence-electron chi connectivity index (χ4n) is 2.53. The number of hydrogen-bond donors (Lipinski definition) is 1. The Kier molecular flexibility index (Phi) is 5.94. The van der Waals surface area contributed by atoms with Crippen LogP contribution in [0.15, 0.2) is 4.99 Å². The Labute approximate surface area is 140 Å². The van der Waals surface area contributed by atoms with Gasteiger partial charge in [-0.25, -0.2) is 4.99 Å². The quantitative estimate of drug-likeness (QED) is 0.451. The van der Waals surface area contributed by atoms with Crippen LogP contribution in [-0.2, 0) is 19.5 Å². The molecule has 0 bridgehead atoms. The summed E-state index contributed by atoms with van der Waals surface area (Å²) in [6, 6.07) is 0. The maximum absolute atomic E-state index is 6.05. The number of nitrogens with two attached hydrogens (primary N) is 1. The van der Waals surface area contributed by atoms with Crippen molar-refractivity contribution in [3.63, 3.8) is 0 Å². The molecular formula is C12H21IN6S. The minimum absolute atomic E-state index is 0. The molecule has 8 heteroatoms. The lowest BCUT2D eigenvalue weighted by atomic mass is 10.2. The van der Waals surface area contributed by atoms with E-state index >= 15 is 0 Å². The first kappa shape index (κ1) is 15.9. The number of guanidine groups is 1. The van der Waals surface area contributed by atoms with E-state index in [4.69, 9.17) is 5.73 Å². The average Bonchev–Trinajstić information content (AvgIpc) is 2.89. The molecule has 0 aliphatic carbocycles. The van der Waals surface area contributed by atoms with Crippen molar-refractivity contribution in [1.29, 1.82) is 0 Å². The van der Waals surface area contributed by atoms with E-state index in [1.807, 2.05) is 11.8 Å². The Balaban J connectivity index is 0.00000147. The predicted molar refractivity (Wildman–Crippen MR) is 92.6 cm³/mol. The zero-order chi connectivity index (χ0) is 13.1. The lowest BCUT2D eigenvalue weighted by Crippen LogP contribution is -2.42. The fourth-order valence-corrected chi connectivity index (χ4v) is 3.43. The molecule has 1 aromatic rings. The molecule has 3 heterocycles. The van der Waals surface area contributed by atoms with Gasteiger partial charge in [-0.05, 0) is 12.8 Å². The van der Waals surface area contributed by atoms with Crippen molar-refractivity contribution < 1.29 is 0 Å². The molecular weight excluding hydrogens is 387 g/mol. The number of aryl methyl sites for hydroxylation is 1. The summed E-state index contributed by atoms with van der Waals surface area (Å²) >= 11 is 1.97. The molecule has 1 aromatic heterocycles. The zero-order valence-corrected chi connectivity index (χ0v) is 14.6. The summed E-state index contributed by atoms with van der Waals surface area (Å²) < 4.78 is 2.20. The Morgan fingerprint density at radius 2 is 2.00 bits per heavy atom. The second-order valence-corrected chi connectivity index (χ2v) is 6.14. The van der Waals surface area contributed by atoms with Gasteiger partial charge in [0.25, 0.3) is 0 Å². The van der Waals surface area contributed by atoms with E-state index in [9.17, 15) is 0 Å². The third kappa shape index (κ3) is 3.57. The molecule has 2 aliphatic rings. The molecule has 2 N–H and O–H groups in total. The number of nitrogens with zero attached hydrogens (tertiary/aromatic N) is 5. The number of fused-ring (bicyclic) bond motifs is 1. The van der Waals surface area contributed by atoms with Gasteiger partial charge < -0.3 is 15.2 Å². The number of aliphatic imine (C=N–C) groups is 1.